The maximum absolute atomic E-state index is 5.02. The normalized spacial score (nSPS) is 22.2. The molecule has 2 heterocycles. The second-order valence-electron chi connectivity index (χ2n) is 2.83. The fourth-order valence-corrected chi connectivity index (χ4v) is 1.35. The molecule has 1 aromatic rings. The lowest BCUT2D eigenvalue weighted by molar-refractivity contribution is 0.342. The average molecular weight is 190 g/mol. The van der Waals surface area contributed by atoms with E-state index >= 15 is 0 Å². The molecule has 12 heavy (non-hydrogen) atoms. The largest absolute Gasteiger partial charge is 0.338 e. The lowest BCUT2D eigenvalue weighted by atomic mass is 10.2. The summed E-state index contributed by atoms with van der Waals surface area (Å²) in [7, 11) is 0. The molecule has 2 rings (SSSR count). The molecule has 4 nitrogen and oxygen atoms in total. The summed E-state index contributed by atoms with van der Waals surface area (Å²) in [4.78, 5) is 4.15. The van der Waals surface area contributed by atoms with Crippen LogP contribution < -0.4 is 5.32 Å². The summed E-state index contributed by atoms with van der Waals surface area (Å²) >= 11 is 0. The number of nitrogens with one attached hydrogen (secondary N) is 1. The minimum absolute atomic E-state index is 0. The van der Waals surface area contributed by atoms with Gasteiger partial charge in [0.05, 0.1) is 6.04 Å². The van der Waals surface area contributed by atoms with E-state index in [0.717, 1.165) is 18.9 Å². The molecule has 1 aliphatic rings. The van der Waals surface area contributed by atoms with Gasteiger partial charge < -0.3 is 9.84 Å². The molecule has 0 aliphatic carbocycles. The van der Waals surface area contributed by atoms with Gasteiger partial charge in [-0.15, -0.1) is 12.4 Å². The van der Waals surface area contributed by atoms with Gasteiger partial charge in [-0.3, -0.25) is 0 Å². The Kier molecular flexibility index (Phi) is 3.05. The summed E-state index contributed by atoms with van der Waals surface area (Å²) in [5.41, 5.74) is 0. The van der Waals surface area contributed by atoms with Crippen LogP contribution in [0.1, 0.15) is 30.6 Å². The summed E-state index contributed by atoms with van der Waals surface area (Å²) in [5, 5.41) is 7.03. The van der Waals surface area contributed by atoms with Crippen molar-refractivity contribution in [3.8, 4) is 0 Å². The van der Waals surface area contributed by atoms with E-state index in [9.17, 15) is 0 Å². The molecule has 0 saturated carbocycles. The van der Waals surface area contributed by atoms with E-state index in [0.29, 0.717) is 11.9 Å². The number of halogens is 1. The van der Waals surface area contributed by atoms with Crippen molar-refractivity contribution in [3.05, 3.63) is 11.7 Å². The molecule has 1 unspecified atom stereocenters. The second kappa shape index (κ2) is 3.87. The standard InChI is InChI=1S/C7H11N3O.ClH/c1-5-9-7(11-10-5)6-3-2-4-8-6;/h6,8H,2-4H2,1H3;1H. The van der Waals surface area contributed by atoms with E-state index in [-0.39, 0.29) is 12.4 Å². The van der Waals surface area contributed by atoms with E-state index in [2.05, 4.69) is 15.5 Å². The van der Waals surface area contributed by atoms with Crippen LogP contribution in [0.3, 0.4) is 0 Å². The fraction of sp³-hybridized carbons (Fsp3) is 0.714. The molecule has 1 atom stereocenters. The lowest BCUT2D eigenvalue weighted by Gasteiger charge is -2.00. The molecular weight excluding hydrogens is 178 g/mol. The summed E-state index contributed by atoms with van der Waals surface area (Å²) < 4.78 is 5.02. The van der Waals surface area contributed by atoms with Gasteiger partial charge in [0.15, 0.2) is 5.82 Å². The zero-order valence-electron chi connectivity index (χ0n) is 6.91. The smallest absolute Gasteiger partial charge is 0.243 e. The summed E-state index contributed by atoms with van der Waals surface area (Å²) in [6.07, 6.45) is 2.31. The van der Waals surface area contributed by atoms with E-state index < -0.39 is 0 Å². The van der Waals surface area contributed by atoms with E-state index in [4.69, 9.17) is 4.52 Å². The molecular formula is C7H12ClN3O. The highest BCUT2D eigenvalue weighted by molar-refractivity contribution is 5.85. The number of hydrogen-bond donors (Lipinski definition) is 1. The quantitative estimate of drug-likeness (QED) is 0.722. The summed E-state index contributed by atoms with van der Waals surface area (Å²) in [6.45, 7) is 2.90. The first-order chi connectivity index (χ1) is 5.36. The van der Waals surface area contributed by atoms with Gasteiger partial charge in [0.2, 0.25) is 5.89 Å². The molecule has 1 fully saturated rings. The van der Waals surface area contributed by atoms with Crippen LogP contribution in [0, 0.1) is 6.92 Å². The first kappa shape index (κ1) is 9.48. The number of rotatable bonds is 1. The SMILES string of the molecule is Cc1noc(C2CCCN2)n1.Cl. The zero-order chi connectivity index (χ0) is 7.68. The lowest BCUT2D eigenvalue weighted by Crippen LogP contribution is -2.12. The Bertz CT molecular complexity index is 245. The van der Waals surface area contributed by atoms with Crippen molar-refractivity contribution in [2.24, 2.45) is 0 Å². The predicted molar refractivity (Wildman–Crippen MR) is 46.3 cm³/mol. The molecule has 0 spiro atoms. The average Bonchev–Trinajstić information content (AvgIpc) is 2.55. The van der Waals surface area contributed by atoms with Gasteiger partial charge in [-0.2, -0.15) is 4.98 Å². The second-order valence-corrected chi connectivity index (χ2v) is 2.83. The molecule has 0 amide bonds. The fourth-order valence-electron chi connectivity index (χ4n) is 1.35. The van der Waals surface area contributed by atoms with Gasteiger partial charge in [-0.1, -0.05) is 5.16 Å². The van der Waals surface area contributed by atoms with Gasteiger partial charge in [0, 0.05) is 0 Å². The van der Waals surface area contributed by atoms with Gasteiger partial charge in [-0.25, -0.2) is 0 Å². The highest BCUT2D eigenvalue weighted by Crippen LogP contribution is 2.20. The predicted octanol–water partition coefficient (Wildman–Crippen LogP) is 1.22. The first-order valence-electron chi connectivity index (χ1n) is 3.90. The zero-order valence-corrected chi connectivity index (χ0v) is 7.73. The maximum atomic E-state index is 5.02. The Morgan fingerprint density at radius 1 is 1.58 bits per heavy atom. The van der Waals surface area contributed by atoms with Crippen molar-refractivity contribution in [2.45, 2.75) is 25.8 Å². The van der Waals surface area contributed by atoms with E-state index in [1.54, 1.807) is 0 Å². The number of aryl methyl sites for hydroxylation is 1. The Hall–Kier alpha value is -0.610. The van der Waals surface area contributed by atoms with Crippen LogP contribution in [-0.2, 0) is 0 Å². The third-order valence-corrected chi connectivity index (χ3v) is 1.90. The van der Waals surface area contributed by atoms with Gasteiger partial charge in [0.1, 0.15) is 0 Å². The Morgan fingerprint density at radius 2 is 2.42 bits per heavy atom. The van der Waals surface area contributed by atoms with Crippen molar-refractivity contribution < 1.29 is 4.52 Å². The van der Waals surface area contributed by atoms with Crippen LogP contribution >= 0.6 is 12.4 Å². The molecule has 1 aliphatic heterocycles. The number of aromatic nitrogens is 2. The maximum Gasteiger partial charge on any atom is 0.243 e. The molecule has 1 N–H and O–H groups in total. The molecule has 68 valence electrons. The van der Waals surface area contributed by atoms with Gasteiger partial charge in [-0.05, 0) is 26.3 Å². The Morgan fingerprint density at radius 3 is 2.92 bits per heavy atom. The third-order valence-electron chi connectivity index (χ3n) is 1.90. The van der Waals surface area contributed by atoms with Crippen molar-refractivity contribution in [2.75, 3.05) is 6.54 Å². The van der Waals surface area contributed by atoms with Crippen molar-refractivity contribution in [1.29, 1.82) is 0 Å². The molecule has 1 saturated heterocycles. The number of nitrogens with zero attached hydrogens (tertiary/aromatic N) is 2. The van der Waals surface area contributed by atoms with Crippen LogP contribution in [0.4, 0.5) is 0 Å². The van der Waals surface area contributed by atoms with Crippen molar-refractivity contribution >= 4 is 12.4 Å². The number of hydrogen-bond acceptors (Lipinski definition) is 4. The van der Waals surface area contributed by atoms with Crippen LogP contribution in [0.2, 0.25) is 0 Å². The van der Waals surface area contributed by atoms with Crippen LogP contribution in [0.15, 0.2) is 4.52 Å². The highest BCUT2D eigenvalue weighted by Gasteiger charge is 2.21. The minimum Gasteiger partial charge on any atom is -0.338 e. The molecule has 0 radical (unpaired) electrons. The minimum atomic E-state index is 0. The Balaban J connectivity index is 0.000000720. The van der Waals surface area contributed by atoms with Crippen molar-refractivity contribution in [1.82, 2.24) is 15.5 Å². The highest BCUT2D eigenvalue weighted by atomic mass is 35.5. The summed E-state index contributed by atoms with van der Waals surface area (Å²) in [5.74, 6) is 1.45. The van der Waals surface area contributed by atoms with Crippen LogP contribution in [0.25, 0.3) is 0 Å². The molecule has 5 heteroatoms. The van der Waals surface area contributed by atoms with E-state index in [1.165, 1.54) is 6.42 Å². The molecule has 1 aromatic heterocycles. The van der Waals surface area contributed by atoms with E-state index in [1.807, 2.05) is 6.92 Å². The van der Waals surface area contributed by atoms with Crippen LogP contribution in [-0.4, -0.2) is 16.7 Å². The van der Waals surface area contributed by atoms with Crippen molar-refractivity contribution in [3.63, 3.8) is 0 Å². The van der Waals surface area contributed by atoms with Crippen LogP contribution in [0.5, 0.6) is 0 Å². The monoisotopic (exact) mass is 189 g/mol. The Labute approximate surface area is 77.1 Å². The molecule has 0 bridgehead atoms. The first-order valence-corrected chi connectivity index (χ1v) is 3.90. The summed E-state index contributed by atoms with van der Waals surface area (Å²) in [6, 6.07) is 0.302. The molecule has 0 aromatic carbocycles. The third kappa shape index (κ3) is 1.76. The topological polar surface area (TPSA) is 51.0 Å². The van der Waals surface area contributed by atoms with Gasteiger partial charge in [0.25, 0.3) is 0 Å². The van der Waals surface area contributed by atoms with Gasteiger partial charge >= 0.3 is 0 Å².